The van der Waals surface area contributed by atoms with E-state index < -0.39 is 6.04 Å². The number of thiophene rings is 1. The van der Waals surface area contributed by atoms with E-state index in [1.165, 1.54) is 11.3 Å². The van der Waals surface area contributed by atoms with Crippen LogP contribution in [0.15, 0.2) is 47.5 Å². The van der Waals surface area contributed by atoms with Crippen LogP contribution in [0.4, 0.5) is 10.7 Å². The van der Waals surface area contributed by atoms with E-state index in [-0.39, 0.29) is 49.5 Å². The van der Waals surface area contributed by atoms with E-state index in [1.807, 2.05) is 26.0 Å². The highest BCUT2D eigenvalue weighted by atomic mass is 35.5. The highest BCUT2D eigenvalue weighted by molar-refractivity contribution is 7.17. The van der Waals surface area contributed by atoms with Gasteiger partial charge in [0.25, 0.3) is 0 Å². The monoisotopic (exact) mass is 659 g/mol. The van der Waals surface area contributed by atoms with Gasteiger partial charge in [-0.15, -0.1) is 11.3 Å². The van der Waals surface area contributed by atoms with Crippen molar-refractivity contribution in [2.24, 2.45) is 10.7 Å². The lowest BCUT2D eigenvalue weighted by Gasteiger charge is -2.24. The zero-order valence-electron chi connectivity index (χ0n) is 26.1. The van der Waals surface area contributed by atoms with Gasteiger partial charge in [0.1, 0.15) is 22.7 Å². The molecular formula is C34H38ClN7O3S. The molecule has 0 aliphatic carbocycles. The summed E-state index contributed by atoms with van der Waals surface area (Å²) in [5, 5.41) is 34.1. The third-order valence-electron chi connectivity index (χ3n) is 7.44. The summed E-state index contributed by atoms with van der Waals surface area (Å²) in [4.78, 5) is 33.3. The summed E-state index contributed by atoms with van der Waals surface area (Å²) in [7, 11) is 0. The SMILES string of the molecule is CC(=N)N1C(=N)[C@H](CC(=O)NCCC(=O)Nc2ccc(C#CCCCN)c(CO)c2)N=C(c2ccc(Cl)cc2)c2c1sc(C)c2C. The first kappa shape index (κ1) is 34.5. The molecular weight excluding hydrogens is 622 g/mol. The molecule has 240 valence electrons. The van der Waals surface area contributed by atoms with E-state index in [0.717, 1.165) is 33.0 Å². The number of nitrogens with zero attached hydrogens (tertiary/aromatic N) is 2. The van der Waals surface area contributed by atoms with E-state index in [0.29, 0.717) is 40.5 Å². The van der Waals surface area contributed by atoms with Gasteiger partial charge in [0.2, 0.25) is 11.8 Å². The standard InChI is InChI=1S/C34H38ClN7O3S/c1-20-21(2)46-34-31(20)32(24-8-11-26(35)12-9-24)41-28(33(38)42(34)22(3)37)18-30(45)39-16-14-29(44)40-27-13-10-23(25(17-27)19-43)7-5-4-6-15-36/h8-13,17,28,37-38,43H,4,6,14-16,18-19,36H2,1-3H3,(H,39,45)(H,40,44)/t28-/m0/s1. The number of carbonyl (C=O) groups excluding carboxylic acids is 2. The average Bonchev–Trinajstić information content (AvgIpc) is 3.24. The number of carbonyl (C=O) groups is 2. The van der Waals surface area contributed by atoms with Crippen molar-refractivity contribution in [2.75, 3.05) is 23.3 Å². The summed E-state index contributed by atoms with van der Waals surface area (Å²) in [6, 6.07) is 11.5. The van der Waals surface area contributed by atoms with Gasteiger partial charge in [-0.05, 0) is 75.2 Å². The normalized spacial score (nSPS) is 14.0. The number of aliphatic imine (C=N–C) groups is 1. The highest BCUT2D eigenvalue weighted by Gasteiger charge is 2.34. The summed E-state index contributed by atoms with van der Waals surface area (Å²) in [5.41, 5.74) is 10.6. The number of aryl methyl sites for hydroxylation is 1. The number of amidine groups is 2. The van der Waals surface area contributed by atoms with Gasteiger partial charge in [-0.3, -0.25) is 30.3 Å². The largest absolute Gasteiger partial charge is 0.392 e. The second kappa shape index (κ2) is 15.8. The Labute approximate surface area is 278 Å². The molecule has 0 saturated carbocycles. The van der Waals surface area contributed by atoms with Crippen molar-refractivity contribution >= 4 is 62.8 Å². The van der Waals surface area contributed by atoms with Crippen molar-refractivity contribution in [1.82, 2.24) is 5.32 Å². The summed E-state index contributed by atoms with van der Waals surface area (Å²) in [6.45, 7) is 6.02. The van der Waals surface area contributed by atoms with E-state index in [2.05, 4.69) is 22.5 Å². The quantitative estimate of drug-likeness (QED) is 0.0766. The molecule has 0 fully saturated rings. The third-order valence-corrected chi connectivity index (χ3v) is 8.89. The van der Waals surface area contributed by atoms with Gasteiger partial charge < -0.3 is 21.5 Å². The number of unbranched alkanes of at least 4 members (excludes halogenated alkanes) is 1. The van der Waals surface area contributed by atoms with Gasteiger partial charge >= 0.3 is 0 Å². The molecule has 2 amide bonds. The summed E-state index contributed by atoms with van der Waals surface area (Å²) in [6.07, 6.45) is 1.34. The minimum Gasteiger partial charge on any atom is -0.392 e. The zero-order chi connectivity index (χ0) is 33.4. The number of nitrogens with one attached hydrogen (secondary N) is 4. The van der Waals surface area contributed by atoms with Gasteiger partial charge in [-0.25, -0.2) is 0 Å². The highest BCUT2D eigenvalue weighted by Crippen LogP contribution is 2.40. The second-order valence-corrected chi connectivity index (χ2v) is 12.5. The molecule has 10 nitrogen and oxygen atoms in total. The molecule has 0 spiro atoms. The lowest BCUT2D eigenvalue weighted by atomic mass is 9.99. The number of aliphatic hydroxyl groups excluding tert-OH is 1. The van der Waals surface area contributed by atoms with Crippen molar-refractivity contribution in [3.63, 3.8) is 0 Å². The van der Waals surface area contributed by atoms with Crippen molar-refractivity contribution in [3.8, 4) is 11.8 Å². The van der Waals surface area contributed by atoms with Crippen LogP contribution >= 0.6 is 22.9 Å². The number of aliphatic hydroxyl groups is 1. The van der Waals surface area contributed by atoms with Crippen LogP contribution in [0.25, 0.3) is 0 Å². The van der Waals surface area contributed by atoms with E-state index in [9.17, 15) is 14.7 Å². The Morgan fingerprint density at radius 2 is 1.91 bits per heavy atom. The van der Waals surface area contributed by atoms with Crippen LogP contribution in [-0.4, -0.2) is 53.4 Å². The molecule has 1 aliphatic rings. The fourth-order valence-electron chi connectivity index (χ4n) is 4.95. The molecule has 0 radical (unpaired) electrons. The molecule has 4 rings (SSSR count). The van der Waals surface area contributed by atoms with Gasteiger partial charge in [0, 0.05) is 51.7 Å². The zero-order valence-corrected chi connectivity index (χ0v) is 27.7. The smallest absolute Gasteiger partial charge is 0.226 e. The molecule has 1 aromatic heterocycles. The molecule has 46 heavy (non-hydrogen) atoms. The van der Waals surface area contributed by atoms with Crippen LogP contribution < -0.4 is 21.3 Å². The number of hydrogen-bond donors (Lipinski definition) is 6. The van der Waals surface area contributed by atoms with Crippen LogP contribution in [0.5, 0.6) is 0 Å². The topological polar surface area (TPSA) is 168 Å². The number of nitrogens with two attached hydrogens (primary N) is 1. The molecule has 1 atom stereocenters. The maximum absolute atomic E-state index is 13.1. The first-order chi connectivity index (χ1) is 22.0. The van der Waals surface area contributed by atoms with Crippen LogP contribution in [0.2, 0.25) is 5.02 Å². The van der Waals surface area contributed by atoms with E-state index >= 15 is 0 Å². The van der Waals surface area contributed by atoms with Crippen LogP contribution in [0.1, 0.15) is 65.3 Å². The van der Waals surface area contributed by atoms with Crippen LogP contribution in [-0.2, 0) is 16.2 Å². The number of halogens is 1. The van der Waals surface area contributed by atoms with E-state index in [1.54, 1.807) is 42.2 Å². The maximum atomic E-state index is 13.1. The summed E-state index contributed by atoms with van der Waals surface area (Å²) in [5.74, 6) is 5.56. The molecule has 3 aromatic rings. The molecule has 0 unspecified atom stereocenters. The van der Waals surface area contributed by atoms with Crippen molar-refractivity contribution in [3.05, 3.63) is 80.2 Å². The van der Waals surface area contributed by atoms with Gasteiger partial charge in [-0.1, -0.05) is 35.6 Å². The van der Waals surface area contributed by atoms with Crippen molar-refractivity contribution < 1.29 is 14.7 Å². The third kappa shape index (κ3) is 8.27. The number of benzene rings is 2. The van der Waals surface area contributed by atoms with Gasteiger partial charge in [0.05, 0.1) is 18.7 Å². The molecule has 7 N–H and O–H groups in total. The predicted molar refractivity (Wildman–Crippen MR) is 187 cm³/mol. The Morgan fingerprint density at radius 1 is 1.17 bits per heavy atom. The minimum atomic E-state index is -0.868. The Morgan fingerprint density at radius 3 is 2.59 bits per heavy atom. The molecule has 0 saturated heterocycles. The Bertz CT molecular complexity index is 1740. The number of rotatable bonds is 10. The molecule has 2 aromatic carbocycles. The molecule has 0 bridgehead atoms. The number of anilines is 2. The average molecular weight is 660 g/mol. The maximum Gasteiger partial charge on any atom is 0.226 e. The molecule has 2 heterocycles. The predicted octanol–water partition coefficient (Wildman–Crippen LogP) is 5.14. The van der Waals surface area contributed by atoms with Crippen LogP contribution in [0, 0.1) is 36.5 Å². The fourth-order valence-corrected chi connectivity index (χ4v) is 6.30. The van der Waals surface area contributed by atoms with Crippen LogP contribution in [0.3, 0.4) is 0 Å². The number of fused-ring (bicyclic) bond motifs is 1. The Kier molecular flexibility index (Phi) is 11.8. The lowest BCUT2D eigenvalue weighted by Crippen LogP contribution is -2.42. The van der Waals surface area contributed by atoms with Gasteiger partial charge in [-0.2, -0.15) is 0 Å². The summed E-state index contributed by atoms with van der Waals surface area (Å²) >= 11 is 7.64. The first-order valence-corrected chi connectivity index (χ1v) is 16.1. The Balaban J connectivity index is 1.45. The van der Waals surface area contributed by atoms with Gasteiger partial charge in [0.15, 0.2) is 0 Å². The number of amides is 2. The van der Waals surface area contributed by atoms with Crippen molar-refractivity contribution in [1.29, 1.82) is 10.8 Å². The van der Waals surface area contributed by atoms with E-state index in [4.69, 9.17) is 33.1 Å². The second-order valence-electron chi connectivity index (χ2n) is 10.8. The molecule has 12 heteroatoms. The summed E-state index contributed by atoms with van der Waals surface area (Å²) < 4.78 is 0. The molecule has 1 aliphatic heterocycles. The minimum absolute atomic E-state index is 0.0176. The Hall–Kier alpha value is -4.34. The number of hydrogen-bond acceptors (Lipinski definition) is 8. The fraction of sp³-hybridized carbons (Fsp3) is 0.324. The van der Waals surface area contributed by atoms with Crippen molar-refractivity contribution in [2.45, 2.75) is 59.1 Å². The first-order valence-electron chi connectivity index (χ1n) is 14.9. The lowest BCUT2D eigenvalue weighted by molar-refractivity contribution is -0.121.